The van der Waals surface area contributed by atoms with Gasteiger partial charge in [-0.25, -0.2) is 0 Å². The van der Waals surface area contributed by atoms with Crippen molar-refractivity contribution in [2.75, 3.05) is 13.2 Å². The number of rotatable bonds is 8. The average Bonchev–Trinajstić information content (AvgIpc) is 2.80. The first-order valence-corrected chi connectivity index (χ1v) is 6.61. The lowest BCUT2D eigenvalue weighted by atomic mass is 10.2. The molecule has 0 radical (unpaired) electrons. The van der Waals surface area contributed by atoms with Gasteiger partial charge in [0.15, 0.2) is 0 Å². The molecule has 5 heteroatoms. The van der Waals surface area contributed by atoms with Gasteiger partial charge in [-0.1, -0.05) is 13.8 Å². The largest absolute Gasteiger partial charge is 0.465 e. The van der Waals surface area contributed by atoms with E-state index < -0.39 is 0 Å². The summed E-state index contributed by atoms with van der Waals surface area (Å²) in [5.74, 6) is -0.225. The van der Waals surface area contributed by atoms with Gasteiger partial charge in [-0.3, -0.25) is 9.48 Å². The van der Waals surface area contributed by atoms with Crippen molar-refractivity contribution in [3.63, 3.8) is 0 Å². The van der Waals surface area contributed by atoms with Gasteiger partial charge in [0.2, 0.25) is 0 Å². The first-order valence-electron chi connectivity index (χ1n) is 6.61. The van der Waals surface area contributed by atoms with E-state index in [-0.39, 0.29) is 12.5 Å². The quantitative estimate of drug-likeness (QED) is 0.719. The summed E-state index contributed by atoms with van der Waals surface area (Å²) in [5, 5.41) is 7.52. The number of carbonyl (C=O) groups is 1. The second kappa shape index (κ2) is 7.87. The Hall–Kier alpha value is -1.36. The molecule has 0 saturated carbocycles. The molecule has 0 unspecified atom stereocenters. The molecule has 0 aromatic carbocycles. The van der Waals surface area contributed by atoms with Gasteiger partial charge in [-0.05, 0) is 25.8 Å². The van der Waals surface area contributed by atoms with Crippen LogP contribution in [0.5, 0.6) is 0 Å². The van der Waals surface area contributed by atoms with Crippen molar-refractivity contribution in [2.24, 2.45) is 0 Å². The summed E-state index contributed by atoms with van der Waals surface area (Å²) in [6, 6.07) is 2.44. The second-order valence-corrected chi connectivity index (χ2v) is 4.17. The topological polar surface area (TPSA) is 56.1 Å². The van der Waals surface area contributed by atoms with Crippen LogP contribution in [0, 0.1) is 0 Å². The molecule has 1 heterocycles. The zero-order valence-electron chi connectivity index (χ0n) is 11.5. The summed E-state index contributed by atoms with van der Waals surface area (Å²) in [5.41, 5.74) is 0.950. The summed E-state index contributed by atoms with van der Waals surface area (Å²) in [7, 11) is 0. The standard InChI is InChI=1S/C13H23N3O2/c1-4-12(5-2)16-8-7-11(15-16)9-14-10-13(17)18-6-3/h7-8,12,14H,4-6,9-10H2,1-3H3. The molecular weight excluding hydrogens is 230 g/mol. The van der Waals surface area contributed by atoms with Gasteiger partial charge in [0, 0.05) is 12.7 Å². The molecule has 0 aliphatic heterocycles. The number of nitrogens with one attached hydrogen (secondary N) is 1. The monoisotopic (exact) mass is 253 g/mol. The predicted molar refractivity (Wildman–Crippen MR) is 70.2 cm³/mol. The maximum Gasteiger partial charge on any atom is 0.319 e. The Labute approximate surface area is 109 Å². The van der Waals surface area contributed by atoms with E-state index in [1.54, 1.807) is 6.92 Å². The molecule has 1 rings (SSSR count). The maximum atomic E-state index is 11.1. The molecule has 1 aromatic heterocycles. The molecule has 102 valence electrons. The highest BCUT2D eigenvalue weighted by atomic mass is 16.5. The number of esters is 1. The van der Waals surface area contributed by atoms with Crippen LogP contribution in [-0.2, 0) is 16.1 Å². The van der Waals surface area contributed by atoms with Crippen molar-refractivity contribution in [2.45, 2.75) is 46.2 Å². The van der Waals surface area contributed by atoms with E-state index in [9.17, 15) is 4.79 Å². The summed E-state index contributed by atoms with van der Waals surface area (Å²) >= 11 is 0. The number of hydrogen-bond acceptors (Lipinski definition) is 4. The van der Waals surface area contributed by atoms with Crippen LogP contribution < -0.4 is 5.32 Å². The summed E-state index contributed by atoms with van der Waals surface area (Å²) in [6.07, 6.45) is 4.15. The van der Waals surface area contributed by atoms with Crippen molar-refractivity contribution >= 4 is 5.97 Å². The van der Waals surface area contributed by atoms with Crippen molar-refractivity contribution in [3.8, 4) is 0 Å². The molecule has 0 fully saturated rings. The van der Waals surface area contributed by atoms with Crippen LogP contribution in [0.2, 0.25) is 0 Å². The van der Waals surface area contributed by atoms with Gasteiger partial charge in [0.05, 0.1) is 24.9 Å². The van der Waals surface area contributed by atoms with Crippen LogP contribution in [0.1, 0.15) is 45.3 Å². The molecular formula is C13H23N3O2. The van der Waals surface area contributed by atoms with E-state index in [0.29, 0.717) is 19.2 Å². The fourth-order valence-corrected chi connectivity index (χ4v) is 1.84. The minimum Gasteiger partial charge on any atom is -0.465 e. The van der Waals surface area contributed by atoms with Gasteiger partial charge < -0.3 is 10.1 Å². The fraction of sp³-hybridized carbons (Fsp3) is 0.692. The first kappa shape index (κ1) is 14.7. The van der Waals surface area contributed by atoms with Gasteiger partial charge in [0.1, 0.15) is 0 Å². The van der Waals surface area contributed by atoms with Gasteiger partial charge in [-0.15, -0.1) is 0 Å². The summed E-state index contributed by atoms with van der Waals surface area (Å²) in [6.45, 7) is 7.36. The van der Waals surface area contributed by atoms with E-state index in [4.69, 9.17) is 4.74 Å². The van der Waals surface area contributed by atoms with Crippen molar-refractivity contribution < 1.29 is 9.53 Å². The molecule has 18 heavy (non-hydrogen) atoms. The lowest BCUT2D eigenvalue weighted by Crippen LogP contribution is -2.24. The Bertz CT molecular complexity index is 359. The fourth-order valence-electron chi connectivity index (χ4n) is 1.84. The summed E-state index contributed by atoms with van der Waals surface area (Å²) in [4.78, 5) is 11.1. The smallest absolute Gasteiger partial charge is 0.319 e. The molecule has 0 spiro atoms. The lowest BCUT2D eigenvalue weighted by molar-refractivity contribution is -0.142. The third-order valence-corrected chi connectivity index (χ3v) is 2.86. The van der Waals surface area contributed by atoms with Crippen LogP contribution >= 0.6 is 0 Å². The normalized spacial score (nSPS) is 10.9. The minimum absolute atomic E-state index is 0.225. The Kier molecular flexibility index (Phi) is 6.43. The molecule has 1 aromatic rings. The van der Waals surface area contributed by atoms with Gasteiger partial charge in [0.25, 0.3) is 0 Å². The molecule has 0 atom stereocenters. The van der Waals surface area contributed by atoms with Crippen LogP contribution in [0.25, 0.3) is 0 Å². The molecule has 5 nitrogen and oxygen atoms in total. The number of hydrogen-bond donors (Lipinski definition) is 1. The number of ether oxygens (including phenoxy) is 1. The van der Waals surface area contributed by atoms with Gasteiger partial charge >= 0.3 is 5.97 Å². The highest BCUT2D eigenvalue weighted by molar-refractivity contribution is 5.71. The summed E-state index contributed by atoms with van der Waals surface area (Å²) < 4.78 is 6.83. The van der Waals surface area contributed by atoms with Crippen molar-refractivity contribution in [1.82, 2.24) is 15.1 Å². The Morgan fingerprint density at radius 1 is 1.44 bits per heavy atom. The van der Waals surface area contributed by atoms with E-state index in [2.05, 4.69) is 24.3 Å². The zero-order valence-corrected chi connectivity index (χ0v) is 11.5. The Morgan fingerprint density at radius 2 is 2.17 bits per heavy atom. The number of carbonyl (C=O) groups excluding carboxylic acids is 1. The Balaban J connectivity index is 2.37. The van der Waals surface area contributed by atoms with Crippen LogP contribution in [0.3, 0.4) is 0 Å². The van der Waals surface area contributed by atoms with E-state index >= 15 is 0 Å². The lowest BCUT2D eigenvalue weighted by Gasteiger charge is -2.12. The number of nitrogens with zero attached hydrogens (tertiary/aromatic N) is 2. The van der Waals surface area contributed by atoms with E-state index in [1.165, 1.54) is 0 Å². The molecule has 0 aliphatic carbocycles. The third-order valence-electron chi connectivity index (χ3n) is 2.86. The van der Waals surface area contributed by atoms with E-state index in [1.807, 2.05) is 16.9 Å². The van der Waals surface area contributed by atoms with Crippen LogP contribution in [0.15, 0.2) is 12.3 Å². The highest BCUT2D eigenvalue weighted by Gasteiger charge is 2.08. The third kappa shape index (κ3) is 4.49. The van der Waals surface area contributed by atoms with Crippen LogP contribution in [0.4, 0.5) is 0 Å². The number of aromatic nitrogens is 2. The highest BCUT2D eigenvalue weighted by Crippen LogP contribution is 2.14. The predicted octanol–water partition coefficient (Wildman–Crippen LogP) is 1.90. The van der Waals surface area contributed by atoms with E-state index in [0.717, 1.165) is 18.5 Å². The zero-order chi connectivity index (χ0) is 13.4. The maximum absolute atomic E-state index is 11.1. The SMILES string of the molecule is CCOC(=O)CNCc1ccn(C(CC)CC)n1. The van der Waals surface area contributed by atoms with Gasteiger partial charge in [-0.2, -0.15) is 5.10 Å². The van der Waals surface area contributed by atoms with Crippen molar-refractivity contribution in [1.29, 1.82) is 0 Å². The molecule has 0 saturated heterocycles. The van der Waals surface area contributed by atoms with Crippen LogP contribution in [-0.4, -0.2) is 28.9 Å². The second-order valence-electron chi connectivity index (χ2n) is 4.17. The average molecular weight is 253 g/mol. The molecule has 0 bridgehead atoms. The first-order chi connectivity index (χ1) is 8.71. The molecule has 0 aliphatic rings. The molecule has 0 amide bonds. The van der Waals surface area contributed by atoms with Crippen molar-refractivity contribution in [3.05, 3.63) is 18.0 Å². The Morgan fingerprint density at radius 3 is 2.78 bits per heavy atom. The molecule has 1 N–H and O–H groups in total. The minimum atomic E-state index is -0.225.